The molecular formula is C19H23NO6. The van der Waals surface area contributed by atoms with Gasteiger partial charge in [0.05, 0.1) is 7.11 Å². The minimum atomic E-state index is -0.826. The van der Waals surface area contributed by atoms with Gasteiger partial charge in [0.15, 0.2) is 17.6 Å². The summed E-state index contributed by atoms with van der Waals surface area (Å²) >= 11 is 0. The first-order chi connectivity index (χ1) is 12.6. The molecule has 0 aromatic heterocycles. The quantitative estimate of drug-likeness (QED) is 0.668. The number of hydrogen-bond donors (Lipinski definition) is 3. The van der Waals surface area contributed by atoms with Crippen molar-refractivity contribution in [3.05, 3.63) is 54.1 Å². The zero-order valence-corrected chi connectivity index (χ0v) is 14.7. The van der Waals surface area contributed by atoms with Crippen molar-refractivity contribution in [2.45, 2.75) is 18.6 Å². The first-order valence-corrected chi connectivity index (χ1v) is 8.12. The number of anilines is 1. The Morgan fingerprint density at radius 1 is 1.15 bits per heavy atom. The van der Waals surface area contributed by atoms with Gasteiger partial charge in [-0.25, -0.2) is 4.79 Å². The number of benzene rings is 2. The third-order valence-electron chi connectivity index (χ3n) is 3.84. The van der Waals surface area contributed by atoms with Crippen LogP contribution in [0.4, 0.5) is 10.5 Å². The monoisotopic (exact) mass is 361 g/mol. The number of aromatic hydroxyl groups is 1. The van der Waals surface area contributed by atoms with Gasteiger partial charge in [0, 0.05) is 25.8 Å². The molecular weight excluding hydrogens is 338 g/mol. The highest BCUT2D eigenvalue weighted by atomic mass is 16.6. The second-order valence-electron chi connectivity index (χ2n) is 5.53. The van der Waals surface area contributed by atoms with Crippen LogP contribution in [-0.2, 0) is 9.47 Å². The lowest BCUT2D eigenvalue weighted by Gasteiger charge is -2.26. The molecule has 2 aromatic carbocycles. The lowest BCUT2D eigenvalue weighted by Crippen LogP contribution is -2.28. The highest BCUT2D eigenvalue weighted by Crippen LogP contribution is 2.33. The standard InChI is InChI=1S/C19H23NO6/c1-24-16-9-8-13(12-15(16)22)18(17(25-2)10-11-21)26-19(23)20-14-6-4-3-5-7-14/h3-9,12,17-18,21-22H,10-11H2,1-2H3,(H,20,23)/t17-,18-/m1/s1. The molecule has 0 unspecified atom stereocenters. The van der Waals surface area contributed by atoms with Crippen molar-refractivity contribution in [2.75, 3.05) is 26.1 Å². The lowest BCUT2D eigenvalue weighted by molar-refractivity contribution is -0.0306. The maximum atomic E-state index is 12.3. The maximum Gasteiger partial charge on any atom is 0.412 e. The summed E-state index contributed by atoms with van der Waals surface area (Å²) in [7, 11) is 2.91. The normalized spacial score (nSPS) is 12.9. The van der Waals surface area contributed by atoms with E-state index in [1.54, 1.807) is 36.4 Å². The van der Waals surface area contributed by atoms with Crippen LogP contribution in [0.15, 0.2) is 48.5 Å². The van der Waals surface area contributed by atoms with Gasteiger partial charge in [-0.05, 0) is 29.8 Å². The topological polar surface area (TPSA) is 97.3 Å². The Kier molecular flexibility index (Phi) is 7.25. The number of aliphatic hydroxyl groups is 1. The lowest BCUT2D eigenvalue weighted by atomic mass is 10.0. The van der Waals surface area contributed by atoms with Gasteiger partial charge in [-0.1, -0.05) is 24.3 Å². The third kappa shape index (κ3) is 5.11. The fourth-order valence-electron chi connectivity index (χ4n) is 2.55. The summed E-state index contributed by atoms with van der Waals surface area (Å²) in [6, 6.07) is 13.6. The van der Waals surface area contributed by atoms with Gasteiger partial charge in [-0.3, -0.25) is 5.32 Å². The Hall–Kier alpha value is -2.77. The predicted molar refractivity (Wildman–Crippen MR) is 96.4 cm³/mol. The molecule has 0 radical (unpaired) electrons. The Bertz CT molecular complexity index is 706. The van der Waals surface area contributed by atoms with E-state index in [2.05, 4.69) is 5.32 Å². The van der Waals surface area contributed by atoms with Gasteiger partial charge < -0.3 is 24.4 Å². The number of carbonyl (C=O) groups is 1. The van der Waals surface area contributed by atoms with Gasteiger partial charge in [0.2, 0.25) is 0 Å². The van der Waals surface area contributed by atoms with Crippen molar-refractivity contribution in [2.24, 2.45) is 0 Å². The predicted octanol–water partition coefficient (Wildman–Crippen LogP) is 3.09. The van der Waals surface area contributed by atoms with Crippen molar-refractivity contribution in [1.29, 1.82) is 0 Å². The number of hydrogen-bond acceptors (Lipinski definition) is 6. The molecule has 0 aliphatic carbocycles. The number of aliphatic hydroxyl groups excluding tert-OH is 1. The number of para-hydroxylation sites is 1. The van der Waals surface area contributed by atoms with Crippen LogP contribution in [0.1, 0.15) is 18.1 Å². The number of rotatable bonds is 8. The molecule has 0 aliphatic heterocycles. The summed E-state index contributed by atoms with van der Waals surface area (Å²) in [5.41, 5.74) is 1.11. The maximum absolute atomic E-state index is 12.3. The van der Waals surface area contributed by atoms with Crippen molar-refractivity contribution in [1.82, 2.24) is 0 Å². The molecule has 7 heteroatoms. The molecule has 7 nitrogen and oxygen atoms in total. The van der Waals surface area contributed by atoms with Crippen molar-refractivity contribution < 1.29 is 29.2 Å². The molecule has 0 saturated heterocycles. The van der Waals surface area contributed by atoms with Crippen LogP contribution in [0.3, 0.4) is 0 Å². The molecule has 2 atom stereocenters. The van der Waals surface area contributed by atoms with Crippen LogP contribution in [0, 0.1) is 0 Å². The molecule has 140 valence electrons. The fraction of sp³-hybridized carbons (Fsp3) is 0.316. The van der Waals surface area contributed by atoms with Gasteiger partial charge in [0.25, 0.3) is 0 Å². The van der Waals surface area contributed by atoms with Crippen LogP contribution in [0.5, 0.6) is 11.5 Å². The summed E-state index contributed by atoms with van der Waals surface area (Å²) in [5.74, 6) is 0.221. The molecule has 2 rings (SSSR count). The highest BCUT2D eigenvalue weighted by molar-refractivity contribution is 5.84. The molecule has 0 heterocycles. The smallest absolute Gasteiger partial charge is 0.412 e. The first kappa shape index (κ1) is 19.6. The van der Waals surface area contributed by atoms with Gasteiger partial charge in [-0.2, -0.15) is 0 Å². The number of methoxy groups -OCH3 is 2. The van der Waals surface area contributed by atoms with Crippen LogP contribution < -0.4 is 10.1 Å². The average Bonchev–Trinajstić information content (AvgIpc) is 2.65. The van der Waals surface area contributed by atoms with Crippen molar-refractivity contribution >= 4 is 11.8 Å². The fourth-order valence-corrected chi connectivity index (χ4v) is 2.55. The second kappa shape index (κ2) is 9.65. The Labute approximate surface area is 152 Å². The van der Waals surface area contributed by atoms with Gasteiger partial charge in [0.1, 0.15) is 6.10 Å². The molecule has 2 aromatic rings. The minimum absolute atomic E-state index is 0.0825. The molecule has 1 amide bonds. The van der Waals surface area contributed by atoms with E-state index in [1.165, 1.54) is 20.3 Å². The average molecular weight is 361 g/mol. The largest absolute Gasteiger partial charge is 0.504 e. The van der Waals surface area contributed by atoms with Crippen LogP contribution in [-0.4, -0.2) is 43.2 Å². The van der Waals surface area contributed by atoms with Crippen LogP contribution in [0.2, 0.25) is 0 Å². The summed E-state index contributed by atoms with van der Waals surface area (Å²) in [6.07, 6.45) is -1.83. The molecule has 0 fully saturated rings. The minimum Gasteiger partial charge on any atom is -0.504 e. The van der Waals surface area contributed by atoms with E-state index in [9.17, 15) is 15.0 Å². The van der Waals surface area contributed by atoms with Crippen LogP contribution >= 0.6 is 0 Å². The van der Waals surface area contributed by atoms with E-state index in [1.807, 2.05) is 6.07 Å². The zero-order valence-electron chi connectivity index (χ0n) is 14.7. The number of nitrogens with one attached hydrogen (secondary N) is 1. The number of phenolic OH excluding ortho intramolecular Hbond substituents is 1. The zero-order chi connectivity index (χ0) is 18.9. The van der Waals surface area contributed by atoms with Crippen LogP contribution in [0.25, 0.3) is 0 Å². The Balaban J connectivity index is 2.23. The van der Waals surface area contributed by atoms with E-state index < -0.39 is 18.3 Å². The molecule has 0 bridgehead atoms. The Morgan fingerprint density at radius 3 is 2.46 bits per heavy atom. The van der Waals surface area contributed by atoms with Crippen molar-refractivity contribution in [3.8, 4) is 11.5 Å². The van der Waals surface area contributed by atoms with E-state index in [0.717, 1.165) is 0 Å². The number of phenols is 1. The molecule has 3 N–H and O–H groups in total. The molecule has 0 spiro atoms. The van der Waals surface area contributed by atoms with Crippen molar-refractivity contribution in [3.63, 3.8) is 0 Å². The number of ether oxygens (including phenoxy) is 3. The first-order valence-electron chi connectivity index (χ1n) is 8.12. The molecule has 0 saturated carbocycles. The van der Waals surface area contributed by atoms with E-state index in [0.29, 0.717) is 17.0 Å². The molecule has 26 heavy (non-hydrogen) atoms. The summed E-state index contributed by atoms with van der Waals surface area (Å²) in [4.78, 5) is 12.3. The SMILES string of the molecule is COc1ccc([C@@H](OC(=O)Nc2ccccc2)[C@@H](CCO)OC)cc1O. The van der Waals surface area contributed by atoms with E-state index in [4.69, 9.17) is 14.2 Å². The third-order valence-corrected chi connectivity index (χ3v) is 3.84. The summed E-state index contributed by atoms with van der Waals surface area (Å²) in [5, 5.41) is 21.9. The Morgan fingerprint density at radius 2 is 1.88 bits per heavy atom. The highest BCUT2D eigenvalue weighted by Gasteiger charge is 2.28. The van der Waals surface area contributed by atoms with Gasteiger partial charge >= 0.3 is 6.09 Å². The van der Waals surface area contributed by atoms with E-state index >= 15 is 0 Å². The number of carbonyl (C=O) groups excluding carboxylic acids is 1. The van der Waals surface area contributed by atoms with Gasteiger partial charge in [-0.15, -0.1) is 0 Å². The number of amides is 1. The van der Waals surface area contributed by atoms with E-state index in [-0.39, 0.29) is 18.8 Å². The summed E-state index contributed by atoms with van der Waals surface area (Å²) in [6.45, 7) is -0.138. The summed E-state index contributed by atoms with van der Waals surface area (Å²) < 4.78 is 15.9. The second-order valence-corrected chi connectivity index (χ2v) is 5.53. The molecule has 0 aliphatic rings.